The van der Waals surface area contributed by atoms with Crippen molar-refractivity contribution < 1.29 is 4.74 Å². The lowest BCUT2D eigenvalue weighted by molar-refractivity contribution is 0.436. The molecule has 0 fully saturated rings. The molecule has 0 saturated heterocycles. The molecule has 0 radical (unpaired) electrons. The standard InChI is InChI=1S/C66H41NOS/c1-2-17-42(18-3-1)43-33-34-45-40-46(36-35-44(45)39-43)67(47-37-38-49-48-19-4-6-21-51(48)66(58(49)41-47)55-25-10-14-31-62(55)69-63-32-15-11-26-56(63)66)59-28-16-27-57-64(59)50-20-5-7-22-52(50)65(57)53-23-8-12-29-60(53)68-61-30-13-9-24-54(61)65/h1-41H. The van der Waals surface area contributed by atoms with Gasteiger partial charge in [-0.2, -0.15) is 0 Å². The number of anilines is 3. The first-order chi connectivity index (χ1) is 34.2. The molecule has 0 unspecified atom stereocenters. The van der Waals surface area contributed by atoms with Crippen molar-refractivity contribution in [2.75, 3.05) is 4.90 Å². The van der Waals surface area contributed by atoms with E-state index in [4.69, 9.17) is 4.74 Å². The van der Waals surface area contributed by atoms with E-state index in [2.05, 4.69) is 254 Å². The average molecular weight is 896 g/mol. The fourth-order valence-corrected chi connectivity index (χ4v) is 13.9. The molecule has 69 heavy (non-hydrogen) atoms. The normalized spacial score (nSPS) is 14.4. The van der Waals surface area contributed by atoms with Crippen LogP contribution >= 0.6 is 11.8 Å². The van der Waals surface area contributed by atoms with Crippen LogP contribution in [0.4, 0.5) is 17.1 Å². The van der Waals surface area contributed by atoms with E-state index in [1.54, 1.807) is 0 Å². The number of hydrogen-bond acceptors (Lipinski definition) is 3. The van der Waals surface area contributed by atoms with Gasteiger partial charge in [-0.15, -0.1) is 0 Å². The van der Waals surface area contributed by atoms with Gasteiger partial charge in [0.1, 0.15) is 11.5 Å². The molecule has 2 aliphatic heterocycles. The lowest BCUT2D eigenvalue weighted by Crippen LogP contribution is -2.32. The molecule has 0 amide bonds. The molecule has 3 heteroatoms. The lowest BCUT2D eigenvalue weighted by atomic mass is 9.66. The largest absolute Gasteiger partial charge is 0.457 e. The van der Waals surface area contributed by atoms with Crippen molar-refractivity contribution in [2.24, 2.45) is 0 Å². The Balaban J connectivity index is 1.03. The topological polar surface area (TPSA) is 12.5 Å². The van der Waals surface area contributed by atoms with Gasteiger partial charge in [-0.1, -0.05) is 200 Å². The quantitative estimate of drug-likeness (QED) is 0.175. The van der Waals surface area contributed by atoms with Gasteiger partial charge in [0.2, 0.25) is 0 Å². The molecular weight excluding hydrogens is 855 g/mol. The van der Waals surface area contributed by atoms with E-state index in [-0.39, 0.29) is 0 Å². The monoisotopic (exact) mass is 895 g/mol. The Kier molecular flexibility index (Phi) is 8.17. The number of fused-ring (bicyclic) bond motifs is 19. The minimum Gasteiger partial charge on any atom is -0.457 e. The maximum absolute atomic E-state index is 6.75. The number of nitrogens with zero attached hydrogens (tertiary/aromatic N) is 1. The Morgan fingerprint density at radius 2 is 0.826 bits per heavy atom. The Labute approximate surface area is 405 Å². The molecule has 2 aliphatic carbocycles. The van der Waals surface area contributed by atoms with Crippen molar-refractivity contribution >= 4 is 39.6 Å². The van der Waals surface area contributed by atoms with Crippen LogP contribution in [-0.2, 0) is 10.8 Å². The molecule has 4 aliphatic rings. The second-order valence-electron chi connectivity index (χ2n) is 18.7. The number of benzene rings is 11. The third kappa shape index (κ3) is 5.23. The van der Waals surface area contributed by atoms with Crippen LogP contribution in [0.25, 0.3) is 44.2 Å². The molecule has 2 heterocycles. The molecule has 11 aromatic rings. The van der Waals surface area contributed by atoms with E-state index >= 15 is 0 Å². The molecule has 0 bridgehead atoms. The smallest absolute Gasteiger partial charge is 0.132 e. The van der Waals surface area contributed by atoms with E-state index < -0.39 is 10.8 Å². The molecule has 11 aromatic carbocycles. The predicted molar refractivity (Wildman–Crippen MR) is 283 cm³/mol. The highest BCUT2D eigenvalue weighted by Gasteiger charge is 2.53. The van der Waals surface area contributed by atoms with Gasteiger partial charge in [0.25, 0.3) is 0 Å². The maximum atomic E-state index is 6.75. The Hall–Kier alpha value is -8.37. The molecule has 2 spiro atoms. The summed E-state index contributed by atoms with van der Waals surface area (Å²) in [6.07, 6.45) is 0. The molecule has 0 saturated carbocycles. The SMILES string of the molecule is c1ccc(-c2ccc3cc(N(c4ccc5c(c4)C4(c6ccccc6Sc6ccccc64)c4ccccc4-5)c4cccc5c4-c4ccccc4C54c5ccccc5Oc5ccccc54)ccc3c2)cc1. The van der Waals surface area contributed by atoms with Gasteiger partial charge < -0.3 is 9.64 Å². The van der Waals surface area contributed by atoms with Crippen LogP contribution in [0.15, 0.2) is 259 Å². The second-order valence-corrected chi connectivity index (χ2v) is 19.7. The van der Waals surface area contributed by atoms with Crippen molar-refractivity contribution in [1.29, 1.82) is 0 Å². The second kappa shape index (κ2) is 14.6. The highest BCUT2D eigenvalue weighted by molar-refractivity contribution is 7.99. The van der Waals surface area contributed by atoms with Crippen LogP contribution in [0, 0.1) is 0 Å². The van der Waals surface area contributed by atoms with Gasteiger partial charge in [0.05, 0.1) is 16.5 Å². The first-order valence-electron chi connectivity index (χ1n) is 23.8. The fraction of sp³-hybridized carbons (Fsp3) is 0.0303. The van der Waals surface area contributed by atoms with Gasteiger partial charge in [0, 0.05) is 37.9 Å². The van der Waals surface area contributed by atoms with Crippen LogP contribution in [0.2, 0.25) is 0 Å². The predicted octanol–water partition coefficient (Wildman–Crippen LogP) is 17.3. The Morgan fingerprint density at radius 1 is 0.319 bits per heavy atom. The van der Waals surface area contributed by atoms with Crippen LogP contribution in [-0.4, -0.2) is 0 Å². The number of para-hydroxylation sites is 2. The molecule has 2 nitrogen and oxygen atoms in total. The minimum atomic E-state index is -0.604. The fourth-order valence-electron chi connectivity index (χ4n) is 12.7. The van der Waals surface area contributed by atoms with E-state index in [0.717, 1.165) is 39.7 Å². The van der Waals surface area contributed by atoms with Gasteiger partial charge >= 0.3 is 0 Å². The summed E-state index contributed by atoms with van der Waals surface area (Å²) >= 11 is 1.89. The highest BCUT2D eigenvalue weighted by atomic mass is 32.2. The molecule has 322 valence electrons. The lowest BCUT2D eigenvalue weighted by Gasteiger charge is -2.40. The first kappa shape index (κ1) is 38.7. The summed E-state index contributed by atoms with van der Waals surface area (Å²) < 4.78 is 6.75. The number of ether oxygens (including phenoxy) is 1. The summed E-state index contributed by atoms with van der Waals surface area (Å²) in [4.78, 5) is 5.14. The summed E-state index contributed by atoms with van der Waals surface area (Å²) in [6, 6.07) is 92.5. The molecular formula is C66H41NOS. The van der Waals surface area contributed by atoms with Crippen molar-refractivity contribution in [3.05, 3.63) is 293 Å². The third-order valence-corrected chi connectivity index (χ3v) is 16.5. The van der Waals surface area contributed by atoms with Crippen molar-refractivity contribution in [3.63, 3.8) is 0 Å². The van der Waals surface area contributed by atoms with Crippen molar-refractivity contribution in [2.45, 2.75) is 20.6 Å². The molecule has 0 N–H and O–H groups in total. The summed E-state index contributed by atoms with van der Waals surface area (Å²) in [5, 5.41) is 2.39. The number of rotatable bonds is 4. The zero-order chi connectivity index (χ0) is 45.3. The van der Waals surface area contributed by atoms with E-state index in [0.29, 0.717) is 0 Å². The van der Waals surface area contributed by atoms with Gasteiger partial charge in [-0.25, -0.2) is 0 Å². The van der Waals surface area contributed by atoms with E-state index in [1.807, 2.05) is 11.8 Å². The van der Waals surface area contributed by atoms with Crippen LogP contribution in [0.1, 0.15) is 44.5 Å². The zero-order valence-corrected chi connectivity index (χ0v) is 38.3. The average Bonchev–Trinajstić information content (AvgIpc) is 3.87. The van der Waals surface area contributed by atoms with E-state index in [9.17, 15) is 0 Å². The first-order valence-corrected chi connectivity index (χ1v) is 24.6. The highest BCUT2D eigenvalue weighted by Crippen LogP contribution is 2.66. The molecule has 15 rings (SSSR count). The van der Waals surface area contributed by atoms with Gasteiger partial charge in [-0.3, -0.25) is 0 Å². The van der Waals surface area contributed by atoms with Crippen molar-refractivity contribution in [1.82, 2.24) is 0 Å². The summed E-state index contributed by atoms with van der Waals surface area (Å²) in [5.41, 5.74) is 19.8. The van der Waals surface area contributed by atoms with Crippen molar-refractivity contribution in [3.8, 4) is 44.9 Å². The number of hydrogen-bond donors (Lipinski definition) is 0. The van der Waals surface area contributed by atoms with Gasteiger partial charge in [0.15, 0.2) is 0 Å². The Bertz CT molecular complexity index is 3850. The zero-order valence-electron chi connectivity index (χ0n) is 37.4. The summed E-state index contributed by atoms with van der Waals surface area (Å²) in [6.45, 7) is 0. The van der Waals surface area contributed by atoms with Crippen LogP contribution in [0.3, 0.4) is 0 Å². The molecule has 0 aromatic heterocycles. The molecule has 0 atom stereocenters. The maximum Gasteiger partial charge on any atom is 0.132 e. The minimum absolute atomic E-state index is 0.520. The third-order valence-electron chi connectivity index (χ3n) is 15.4. The summed E-state index contributed by atoms with van der Waals surface area (Å²) in [5.74, 6) is 1.78. The van der Waals surface area contributed by atoms with E-state index in [1.165, 1.54) is 87.3 Å². The summed E-state index contributed by atoms with van der Waals surface area (Å²) in [7, 11) is 0. The van der Waals surface area contributed by atoms with Crippen LogP contribution < -0.4 is 9.64 Å². The Morgan fingerprint density at radius 3 is 1.55 bits per heavy atom. The van der Waals surface area contributed by atoms with Gasteiger partial charge in [-0.05, 0) is 133 Å². The van der Waals surface area contributed by atoms with Crippen LogP contribution in [0.5, 0.6) is 11.5 Å².